The largest absolute Gasteiger partial charge is 0.284 e. The molecule has 0 atom stereocenters. The molecule has 0 aliphatic heterocycles. The molecule has 1 aromatic rings. The normalized spacial score (nSPS) is 12.5. The third kappa shape index (κ3) is 6.07. The minimum Gasteiger partial charge on any atom is -0.284 e. The average molecular weight is 320 g/mol. The van der Waals surface area contributed by atoms with Gasteiger partial charge in [-0.2, -0.15) is 0 Å². The van der Waals surface area contributed by atoms with Crippen molar-refractivity contribution in [3.05, 3.63) is 28.7 Å². The number of halogens is 1. The van der Waals surface area contributed by atoms with E-state index in [4.69, 9.17) is 0 Å². The fraction of sp³-hybridized carbons (Fsp3) is 0.500. The molecule has 17 heavy (non-hydrogen) atoms. The van der Waals surface area contributed by atoms with Crippen LogP contribution in [0.4, 0.5) is 5.69 Å². The quantitative estimate of drug-likeness (QED) is 0.921. The van der Waals surface area contributed by atoms with Crippen molar-refractivity contribution in [1.82, 2.24) is 0 Å². The molecule has 0 saturated heterocycles. The standard InChI is InChI=1S/C12H18BrNO2S/c1-12(2,3)8-9-17(15,16)14-11-6-4-10(13)5-7-11/h4-7,14H,8-9H2,1-3H3. The number of benzene rings is 1. The van der Waals surface area contributed by atoms with Crippen LogP contribution in [0.15, 0.2) is 28.7 Å². The van der Waals surface area contributed by atoms with E-state index < -0.39 is 10.0 Å². The Hall–Kier alpha value is -0.550. The number of rotatable bonds is 4. The Balaban J connectivity index is 2.64. The molecule has 0 spiro atoms. The van der Waals surface area contributed by atoms with Gasteiger partial charge in [-0.25, -0.2) is 8.42 Å². The summed E-state index contributed by atoms with van der Waals surface area (Å²) >= 11 is 3.30. The van der Waals surface area contributed by atoms with Gasteiger partial charge in [-0.05, 0) is 36.1 Å². The summed E-state index contributed by atoms with van der Waals surface area (Å²) in [4.78, 5) is 0. The van der Waals surface area contributed by atoms with Gasteiger partial charge in [-0.3, -0.25) is 4.72 Å². The van der Waals surface area contributed by atoms with Crippen LogP contribution >= 0.6 is 15.9 Å². The molecular weight excluding hydrogens is 302 g/mol. The molecule has 1 aromatic carbocycles. The molecule has 96 valence electrons. The molecule has 1 N–H and O–H groups in total. The van der Waals surface area contributed by atoms with E-state index >= 15 is 0 Å². The fourth-order valence-corrected chi connectivity index (χ4v) is 2.93. The van der Waals surface area contributed by atoms with E-state index in [1.807, 2.05) is 32.9 Å². The van der Waals surface area contributed by atoms with Crippen molar-refractivity contribution in [3.8, 4) is 0 Å². The summed E-state index contributed by atoms with van der Waals surface area (Å²) < 4.78 is 27.1. The maximum Gasteiger partial charge on any atom is 0.232 e. The van der Waals surface area contributed by atoms with Crippen molar-refractivity contribution in [2.24, 2.45) is 5.41 Å². The van der Waals surface area contributed by atoms with Gasteiger partial charge in [0.2, 0.25) is 10.0 Å². The number of hydrogen-bond acceptors (Lipinski definition) is 2. The van der Waals surface area contributed by atoms with Crippen molar-refractivity contribution in [2.45, 2.75) is 27.2 Å². The second-order valence-electron chi connectivity index (χ2n) is 5.24. The lowest BCUT2D eigenvalue weighted by Crippen LogP contribution is -2.20. The molecule has 0 radical (unpaired) electrons. The van der Waals surface area contributed by atoms with Crippen molar-refractivity contribution in [3.63, 3.8) is 0 Å². The second-order valence-corrected chi connectivity index (χ2v) is 8.00. The van der Waals surface area contributed by atoms with Crippen LogP contribution in [0.2, 0.25) is 0 Å². The van der Waals surface area contributed by atoms with Gasteiger partial charge in [0.15, 0.2) is 0 Å². The topological polar surface area (TPSA) is 46.2 Å². The van der Waals surface area contributed by atoms with Gasteiger partial charge in [-0.1, -0.05) is 36.7 Å². The SMILES string of the molecule is CC(C)(C)CCS(=O)(=O)Nc1ccc(Br)cc1. The molecule has 0 aliphatic rings. The van der Waals surface area contributed by atoms with Gasteiger partial charge >= 0.3 is 0 Å². The lowest BCUT2D eigenvalue weighted by Gasteiger charge is -2.18. The van der Waals surface area contributed by atoms with Crippen LogP contribution in [-0.2, 0) is 10.0 Å². The summed E-state index contributed by atoms with van der Waals surface area (Å²) in [6.07, 6.45) is 0.638. The number of nitrogens with one attached hydrogen (secondary N) is 1. The Morgan fingerprint density at radius 2 is 1.71 bits per heavy atom. The first-order valence-corrected chi connectivity index (χ1v) is 7.89. The molecule has 0 amide bonds. The van der Waals surface area contributed by atoms with E-state index in [1.54, 1.807) is 12.1 Å². The summed E-state index contributed by atoms with van der Waals surface area (Å²) in [6, 6.07) is 7.08. The van der Waals surface area contributed by atoms with Crippen LogP contribution in [0, 0.1) is 5.41 Å². The van der Waals surface area contributed by atoms with Crippen LogP contribution in [0.25, 0.3) is 0 Å². The molecular formula is C12H18BrNO2S. The van der Waals surface area contributed by atoms with E-state index in [-0.39, 0.29) is 11.2 Å². The van der Waals surface area contributed by atoms with Crippen LogP contribution in [-0.4, -0.2) is 14.2 Å². The van der Waals surface area contributed by atoms with Crippen LogP contribution in [0.5, 0.6) is 0 Å². The molecule has 0 saturated carbocycles. The van der Waals surface area contributed by atoms with E-state index in [1.165, 1.54) is 0 Å². The number of hydrogen-bond donors (Lipinski definition) is 1. The summed E-state index contributed by atoms with van der Waals surface area (Å²) in [5.41, 5.74) is 0.621. The second kappa shape index (κ2) is 5.40. The zero-order valence-electron chi connectivity index (χ0n) is 10.3. The molecule has 1 rings (SSSR count). The highest BCUT2D eigenvalue weighted by atomic mass is 79.9. The van der Waals surface area contributed by atoms with E-state index in [0.717, 1.165) is 4.47 Å². The maximum absolute atomic E-state index is 11.8. The highest BCUT2D eigenvalue weighted by Gasteiger charge is 2.17. The number of sulfonamides is 1. The van der Waals surface area contributed by atoms with Gasteiger partial charge < -0.3 is 0 Å². The average Bonchev–Trinajstić information content (AvgIpc) is 2.18. The molecule has 0 unspecified atom stereocenters. The van der Waals surface area contributed by atoms with Crippen LogP contribution in [0.3, 0.4) is 0 Å². The van der Waals surface area contributed by atoms with Gasteiger partial charge in [0.25, 0.3) is 0 Å². The van der Waals surface area contributed by atoms with Crippen molar-refractivity contribution in [2.75, 3.05) is 10.5 Å². The minimum atomic E-state index is -3.25. The summed E-state index contributed by atoms with van der Waals surface area (Å²) in [6.45, 7) is 6.09. The third-order valence-corrected chi connectivity index (χ3v) is 4.06. The van der Waals surface area contributed by atoms with Gasteiger partial charge in [0.1, 0.15) is 0 Å². The molecule has 0 bridgehead atoms. The maximum atomic E-state index is 11.8. The monoisotopic (exact) mass is 319 g/mol. The zero-order valence-corrected chi connectivity index (χ0v) is 12.7. The predicted octanol–water partition coefficient (Wildman–Crippen LogP) is 3.63. The first-order chi connectivity index (χ1) is 7.68. The Morgan fingerprint density at radius 1 is 1.18 bits per heavy atom. The lowest BCUT2D eigenvalue weighted by molar-refractivity contribution is 0.397. The summed E-state index contributed by atoms with van der Waals surface area (Å²) in [5.74, 6) is 0.145. The smallest absolute Gasteiger partial charge is 0.232 e. The highest BCUT2D eigenvalue weighted by molar-refractivity contribution is 9.10. The van der Waals surface area contributed by atoms with Crippen molar-refractivity contribution in [1.29, 1.82) is 0 Å². The molecule has 3 nitrogen and oxygen atoms in total. The van der Waals surface area contributed by atoms with Crippen LogP contribution in [0.1, 0.15) is 27.2 Å². The summed E-state index contributed by atoms with van der Waals surface area (Å²) in [5, 5.41) is 0. The molecule has 0 aliphatic carbocycles. The highest BCUT2D eigenvalue weighted by Crippen LogP contribution is 2.20. The first-order valence-electron chi connectivity index (χ1n) is 5.44. The Morgan fingerprint density at radius 3 is 2.18 bits per heavy atom. The predicted molar refractivity (Wildman–Crippen MR) is 75.6 cm³/mol. The van der Waals surface area contributed by atoms with Crippen LogP contribution < -0.4 is 4.72 Å². The Bertz CT molecular complexity index is 460. The Labute approximate surface area is 112 Å². The fourth-order valence-electron chi connectivity index (χ4n) is 1.19. The number of anilines is 1. The molecule has 0 aromatic heterocycles. The van der Waals surface area contributed by atoms with E-state index in [9.17, 15) is 8.42 Å². The lowest BCUT2D eigenvalue weighted by atomic mass is 9.94. The molecule has 0 fully saturated rings. The Kier molecular flexibility index (Phi) is 4.61. The van der Waals surface area contributed by atoms with Gasteiger partial charge in [0, 0.05) is 10.2 Å². The van der Waals surface area contributed by atoms with E-state index in [2.05, 4.69) is 20.7 Å². The minimum absolute atomic E-state index is 0.0223. The van der Waals surface area contributed by atoms with Crippen molar-refractivity contribution >= 4 is 31.6 Å². The van der Waals surface area contributed by atoms with Crippen molar-refractivity contribution < 1.29 is 8.42 Å². The molecule has 5 heteroatoms. The first kappa shape index (κ1) is 14.5. The molecule has 0 heterocycles. The zero-order chi connectivity index (χ0) is 13.1. The third-order valence-electron chi connectivity index (χ3n) is 2.24. The summed E-state index contributed by atoms with van der Waals surface area (Å²) in [7, 11) is -3.25. The van der Waals surface area contributed by atoms with Gasteiger partial charge in [0.05, 0.1) is 5.75 Å². The van der Waals surface area contributed by atoms with Gasteiger partial charge in [-0.15, -0.1) is 0 Å². The van der Waals surface area contributed by atoms with E-state index in [0.29, 0.717) is 12.1 Å².